The zero-order valence-corrected chi connectivity index (χ0v) is 13.2. The Bertz CT molecular complexity index is 520. The second-order valence-corrected chi connectivity index (χ2v) is 6.37. The molecule has 21 heavy (non-hydrogen) atoms. The van der Waals surface area contributed by atoms with Crippen molar-refractivity contribution in [1.82, 2.24) is 15.1 Å². The molecule has 0 aliphatic carbocycles. The molecule has 1 aromatic rings. The number of amides is 1. The summed E-state index contributed by atoms with van der Waals surface area (Å²) in [6.07, 6.45) is 1.22. The number of nitrogens with one attached hydrogen (secondary N) is 1. The van der Waals surface area contributed by atoms with Crippen LogP contribution in [-0.2, 0) is 0 Å². The predicted octanol–water partition coefficient (Wildman–Crippen LogP) is 1.77. The number of piperazine rings is 1. The Morgan fingerprint density at radius 1 is 1.29 bits per heavy atom. The molecule has 0 spiro atoms. The lowest BCUT2D eigenvalue weighted by Gasteiger charge is -2.37. The van der Waals surface area contributed by atoms with Gasteiger partial charge in [-0.3, -0.25) is 9.69 Å². The van der Waals surface area contributed by atoms with Crippen LogP contribution in [0.3, 0.4) is 0 Å². The van der Waals surface area contributed by atoms with Gasteiger partial charge >= 0.3 is 0 Å². The van der Waals surface area contributed by atoms with E-state index in [0.717, 1.165) is 44.8 Å². The molecule has 1 atom stereocenters. The molecule has 2 fully saturated rings. The monoisotopic (exact) mass is 307 g/mol. The predicted molar refractivity (Wildman–Crippen MR) is 84.9 cm³/mol. The molecule has 2 aliphatic heterocycles. The van der Waals surface area contributed by atoms with E-state index in [2.05, 4.69) is 10.2 Å². The van der Waals surface area contributed by atoms with E-state index in [1.54, 1.807) is 0 Å². The third kappa shape index (κ3) is 3.23. The molecule has 1 aromatic carbocycles. The molecule has 4 nitrogen and oxygen atoms in total. The first kappa shape index (κ1) is 14.8. The quantitative estimate of drug-likeness (QED) is 0.904. The highest BCUT2D eigenvalue weighted by atomic mass is 35.5. The summed E-state index contributed by atoms with van der Waals surface area (Å²) in [5, 5.41) is 3.96. The van der Waals surface area contributed by atoms with Gasteiger partial charge in [0.2, 0.25) is 0 Å². The molecule has 0 radical (unpaired) electrons. The zero-order chi connectivity index (χ0) is 14.8. The summed E-state index contributed by atoms with van der Waals surface area (Å²) in [6.45, 7) is 7.68. The second-order valence-electron chi connectivity index (χ2n) is 5.96. The molecular formula is C16H22ClN3O. The Kier molecular flexibility index (Phi) is 4.48. The minimum absolute atomic E-state index is 0.0594. The first-order chi connectivity index (χ1) is 10.1. The Hall–Kier alpha value is -1.10. The van der Waals surface area contributed by atoms with Gasteiger partial charge in [0.25, 0.3) is 5.91 Å². The third-order valence-electron chi connectivity index (χ3n) is 4.51. The van der Waals surface area contributed by atoms with Gasteiger partial charge in [-0.15, -0.1) is 0 Å². The average Bonchev–Trinajstić information content (AvgIpc) is 3.01. The SMILES string of the molecule is Cc1ccc(C(=O)N2CCN(C3CCNC3)CC2)c(Cl)c1. The van der Waals surface area contributed by atoms with Crippen LogP contribution < -0.4 is 5.32 Å². The number of hydrogen-bond acceptors (Lipinski definition) is 3. The van der Waals surface area contributed by atoms with Crippen LogP contribution in [0.15, 0.2) is 18.2 Å². The van der Waals surface area contributed by atoms with Crippen molar-refractivity contribution in [3.8, 4) is 0 Å². The van der Waals surface area contributed by atoms with Crippen LogP contribution >= 0.6 is 11.6 Å². The highest BCUT2D eigenvalue weighted by molar-refractivity contribution is 6.33. The van der Waals surface area contributed by atoms with Crippen LogP contribution in [0.2, 0.25) is 5.02 Å². The van der Waals surface area contributed by atoms with Gasteiger partial charge in [0.1, 0.15) is 0 Å². The summed E-state index contributed by atoms with van der Waals surface area (Å²) in [5.41, 5.74) is 1.70. The summed E-state index contributed by atoms with van der Waals surface area (Å²) >= 11 is 6.21. The second kappa shape index (κ2) is 6.34. The lowest BCUT2D eigenvalue weighted by atomic mass is 10.1. The number of carbonyl (C=O) groups is 1. The highest BCUT2D eigenvalue weighted by Crippen LogP contribution is 2.21. The van der Waals surface area contributed by atoms with Crippen molar-refractivity contribution in [2.75, 3.05) is 39.3 Å². The number of rotatable bonds is 2. The highest BCUT2D eigenvalue weighted by Gasteiger charge is 2.28. The van der Waals surface area contributed by atoms with Gasteiger partial charge in [-0.1, -0.05) is 17.7 Å². The number of benzene rings is 1. The van der Waals surface area contributed by atoms with Crippen molar-refractivity contribution >= 4 is 17.5 Å². The number of carbonyl (C=O) groups excluding carboxylic acids is 1. The minimum atomic E-state index is 0.0594. The van der Waals surface area contributed by atoms with E-state index < -0.39 is 0 Å². The first-order valence-electron chi connectivity index (χ1n) is 7.65. The Balaban J connectivity index is 1.62. The van der Waals surface area contributed by atoms with E-state index in [-0.39, 0.29) is 5.91 Å². The van der Waals surface area contributed by atoms with E-state index in [0.29, 0.717) is 16.6 Å². The van der Waals surface area contributed by atoms with Gasteiger partial charge in [0.15, 0.2) is 0 Å². The molecule has 1 N–H and O–H groups in total. The lowest BCUT2D eigenvalue weighted by molar-refractivity contribution is 0.0584. The van der Waals surface area contributed by atoms with E-state index in [1.807, 2.05) is 30.0 Å². The van der Waals surface area contributed by atoms with Crippen molar-refractivity contribution in [2.24, 2.45) is 0 Å². The number of aryl methyl sites for hydroxylation is 1. The summed E-state index contributed by atoms with van der Waals surface area (Å²) in [5.74, 6) is 0.0594. The summed E-state index contributed by atoms with van der Waals surface area (Å²) < 4.78 is 0. The fraction of sp³-hybridized carbons (Fsp3) is 0.562. The summed E-state index contributed by atoms with van der Waals surface area (Å²) in [6, 6.07) is 6.28. The number of nitrogens with zero attached hydrogens (tertiary/aromatic N) is 2. The molecule has 0 aromatic heterocycles. The Morgan fingerprint density at radius 2 is 2.05 bits per heavy atom. The standard InChI is InChI=1S/C16H22ClN3O/c1-12-2-3-14(15(17)10-12)16(21)20-8-6-19(7-9-20)13-4-5-18-11-13/h2-3,10,13,18H,4-9,11H2,1H3. The van der Waals surface area contributed by atoms with Crippen LogP contribution in [-0.4, -0.2) is 61.0 Å². The molecule has 0 bridgehead atoms. The van der Waals surface area contributed by atoms with Crippen LogP contribution in [0.4, 0.5) is 0 Å². The van der Waals surface area contributed by atoms with E-state index >= 15 is 0 Å². The van der Waals surface area contributed by atoms with Crippen molar-refractivity contribution < 1.29 is 4.79 Å². The van der Waals surface area contributed by atoms with Gasteiger partial charge in [0, 0.05) is 38.8 Å². The largest absolute Gasteiger partial charge is 0.336 e. The molecule has 114 valence electrons. The fourth-order valence-corrected chi connectivity index (χ4v) is 3.52. The van der Waals surface area contributed by atoms with Crippen molar-refractivity contribution in [2.45, 2.75) is 19.4 Å². The van der Waals surface area contributed by atoms with E-state index in [1.165, 1.54) is 6.42 Å². The van der Waals surface area contributed by atoms with Gasteiger partial charge in [0.05, 0.1) is 10.6 Å². The smallest absolute Gasteiger partial charge is 0.255 e. The van der Waals surface area contributed by atoms with Gasteiger partial charge in [-0.2, -0.15) is 0 Å². The third-order valence-corrected chi connectivity index (χ3v) is 4.82. The molecule has 0 saturated carbocycles. The maximum Gasteiger partial charge on any atom is 0.255 e. The molecule has 1 amide bonds. The molecule has 2 saturated heterocycles. The normalized spacial score (nSPS) is 23.5. The van der Waals surface area contributed by atoms with E-state index in [4.69, 9.17) is 11.6 Å². The van der Waals surface area contributed by atoms with Crippen molar-refractivity contribution in [3.05, 3.63) is 34.3 Å². The zero-order valence-electron chi connectivity index (χ0n) is 12.4. The maximum atomic E-state index is 12.6. The molecular weight excluding hydrogens is 286 g/mol. The van der Waals surface area contributed by atoms with Gasteiger partial charge < -0.3 is 10.2 Å². The average molecular weight is 308 g/mol. The van der Waals surface area contributed by atoms with Gasteiger partial charge in [-0.25, -0.2) is 0 Å². The van der Waals surface area contributed by atoms with Crippen LogP contribution in [0, 0.1) is 6.92 Å². The minimum Gasteiger partial charge on any atom is -0.336 e. The molecule has 3 rings (SSSR count). The van der Waals surface area contributed by atoms with Gasteiger partial charge in [-0.05, 0) is 37.6 Å². The number of hydrogen-bond donors (Lipinski definition) is 1. The fourth-order valence-electron chi connectivity index (χ4n) is 3.21. The molecule has 5 heteroatoms. The molecule has 2 aliphatic rings. The Labute approximate surface area is 131 Å². The number of halogens is 1. The summed E-state index contributed by atoms with van der Waals surface area (Å²) in [7, 11) is 0. The maximum absolute atomic E-state index is 12.6. The van der Waals surface area contributed by atoms with E-state index in [9.17, 15) is 4.79 Å². The van der Waals surface area contributed by atoms with Crippen LogP contribution in [0.25, 0.3) is 0 Å². The lowest BCUT2D eigenvalue weighted by Crippen LogP contribution is -2.52. The van der Waals surface area contributed by atoms with Crippen molar-refractivity contribution in [1.29, 1.82) is 0 Å². The molecule has 2 heterocycles. The van der Waals surface area contributed by atoms with Crippen LogP contribution in [0.1, 0.15) is 22.3 Å². The van der Waals surface area contributed by atoms with Crippen LogP contribution in [0.5, 0.6) is 0 Å². The van der Waals surface area contributed by atoms with Crippen molar-refractivity contribution in [3.63, 3.8) is 0 Å². The molecule has 1 unspecified atom stereocenters. The Morgan fingerprint density at radius 3 is 2.67 bits per heavy atom. The summed E-state index contributed by atoms with van der Waals surface area (Å²) in [4.78, 5) is 17.0. The topological polar surface area (TPSA) is 35.6 Å². The first-order valence-corrected chi connectivity index (χ1v) is 8.03.